The summed E-state index contributed by atoms with van der Waals surface area (Å²) in [7, 11) is 5.27. The fourth-order valence-corrected chi connectivity index (χ4v) is 4.83. The molecule has 0 spiro atoms. The Balaban J connectivity index is 0.00000116. The van der Waals surface area contributed by atoms with Gasteiger partial charge in [0.2, 0.25) is 0 Å². The molecule has 0 aliphatic heterocycles. The number of fused-ring (bicyclic) bond motifs is 1. The Labute approximate surface area is 140 Å². The Morgan fingerprint density at radius 2 is 1.55 bits per heavy atom. The lowest BCUT2D eigenvalue weighted by atomic mass is 10.1. The van der Waals surface area contributed by atoms with E-state index < -0.39 is 10.0 Å². The van der Waals surface area contributed by atoms with Crippen molar-refractivity contribution in [3.8, 4) is 11.1 Å². The lowest BCUT2D eigenvalue weighted by molar-refractivity contribution is 0.112. The maximum absolute atomic E-state index is 11.7. The summed E-state index contributed by atoms with van der Waals surface area (Å²) >= 11 is 0. The lowest BCUT2D eigenvalue weighted by Crippen LogP contribution is -2.24. The highest BCUT2D eigenvalue weighted by Gasteiger charge is 2.35. The van der Waals surface area contributed by atoms with E-state index in [-0.39, 0.29) is 4.75 Å². The summed E-state index contributed by atoms with van der Waals surface area (Å²) in [4.78, 5) is 13.0. The first-order chi connectivity index (χ1) is 10.2. The zero-order valence-corrected chi connectivity index (χ0v) is 16.4. The Hall–Kier alpha value is -0.785. The van der Waals surface area contributed by atoms with Gasteiger partial charge in [0.15, 0.2) is 6.29 Å². The fraction of sp³-hybridized carbons (Fsp3) is 0.389. The van der Waals surface area contributed by atoms with E-state index >= 15 is 0 Å². The minimum Gasteiger partial charge on any atom is -0.298 e. The zero-order chi connectivity index (χ0) is 17.1. The summed E-state index contributed by atoms with van der Waals surface area (Å²) in [6.45, 7) is 8.97. The molecule has 2 rings (SSSR count). The van der Waals surface area contributed by atoms with Crippen molar-refractivity contribution in [3.63, 3.8) is 0 Å². The number of aldehydes is 1. The number of carbonyl (C=O) groups excluding carboxylic acids is 1. The van der Waals surface area contributed by atoms with Gasteiger partial charge in [0.1, 0.15) is 0 Å². The van der Waals surface area contributed by atoms with Gasteiger partial charge in [0.05, 0.1) is 7.57 Å². The number of hydrogen-bond acceptors (Lipinski definition) is 1. The Morgan fingerprint density at radius 3 is 2.00 bits per heavy atom. The van der Waals surface area contributed by atoms with Gasteiger partial charge in [-0.2, -0.15) is 9.12 Å². The summed E-state index contributed by atoms with van der Waals surface area (Å²) in [5.41, 5.74) is 4.45. The SMILES string of the molecule is Cc1c2cccccc-2c(C=O)c1S(C)(C)C(C)(C)C.[B]P. The molecule has 0 aromatic carbocycles. The molecular formula is C18H26BOPS. The number of carbonyl (C=O) groups is 1. The van der Waals surface area contributed by atoms with Crippen LogP contribution in [0.15, 0.2) is 35.2 Å². The molecule has 0 saturated carbocycles. The maximum Gasteiger partial charge on any atom is 0.151 e. The number of hydrogen-bond donors (Lipinski definition) is 0. The third-order valence-electron chi connectivity index (χ3n) is 4.48. The van der Waals surface area contributed by atoms with Crippen LogP contribution in [0.3, 0.4) is 0 Å². The van der Waals surface area contributed by atoms with Crippen LogP contribution in [0, 0.1) is 6.92 Å². The standard InChI is InChI=1S/C18H24OS.BH2P/c1-13-14-10-8-7-9-11-15(14)16(12-19)17(13)20(5,6)18(2,3)4;1-2/h7-12H,1-6H3;2H2. The highest BCUT2D eigenvalue weighted by atomic mass is 32.3. The monoisotopic (exact) mass is 332 g/mol. The van der Waals surface area contributed by atoms with E-state index in [1.807, 2.05) is 27.3 Å². The second-order valence-electron chi connectivity index (χ2n) is 6.66. The van der Waals surface area contributed by atoms with E-state index in [0.29, 0.717) is 0 Å². The normalized spacial score (nSPS) is 12.5. The van der Waals surface area contributed by atoms with Crippen molar-refractivity contribution in [1.82, 2.24) is 0 Å². The number of rotatable bonds is 2. The molecule has 0 aromatic rings. The minimum absolute atomic E-state index is 0.169. The van der Waals surface area contributed by atoms with Crippen LogP contribution in [-0.4, -0.2) is 31.1 Å². The molecule has 0 fully saturated rings. The molecule has 0 amide bonds. The van der Waals surface area contributed by atoms with E-state index in [1.165, 1.54) is 16.0 Å². The average molecular weight is 332 g/mol. The molecule has 0 heterocycles. The fourth-order valence-electron chi connectivity index (χ4n) is 2.64. The van der Waals surface area contributed by atoms with Crippen LogP contribution in [-0.2, 0) is 0 Å². The van der Waals surface area contributed by atoms with Gasteiger partial charge in [-0.15, -0.1) is 0 Å². The second kappa shape index (κ2) is 7.19. The van der Waals surface area contributed by atoms with Gasteiger partial charge >= 0.3 is 0 Å². The van der Waals surface area contributed by atoms with E-state index in [9.17, 15) is 4.79 Å². The summed E-state index contributed by atoms with van der Waals surface area (Å²) in [6, 6.07) is 10.3. The smallest absolute Gasteiger partial charge is 0.151 e. The van der Waals surface area contributed by atoms with Gasteiger partial charge < -0.3 is 0 Å². The molecule has 1 nitrogen and oxygen atoms in total. The first-order valence-electron chi connectivity index (χ1n) is 7.24. The van der Waals surface area contributed by atoms with E-state index in [2.05, 4.69) is 59.9 Å². The van der Waals surface area contributed by atoms with Crippen LogP contribution in [0.4, 0.5) is 0 Å². The van der Waals surface area contributed by atoms with Crippen LogP contribution in [0.5, 0.6) is 0 Å². The molecule has 118 valence electrons. The third kappa shape index (κ3) is 3.26. The highest BCUT2D eigenvalue weighted by molar-refractivity contribution is 8.33. The molecule has 2 aliphatic rings. The summed E-state index contributed by atoms with van der Waals surface area (Å²) in [5.74, 6) is 0. The van der Waals surface area contributed by atoms with Gasteiger partial charge in [0, 0.05) is 10.5 Å². The molecular weight excluding hydrogens is 306 g/mol. The van der Waals surface area contributed by atoms with Gasteiger partial charge in [-0.3, -0.25) is 4.79 Å². The first kappa shape index (κ1) is 19.3. The van der Waals surface area contributed by atoms with Gasteiger partial charge in [-0.25, -0.2) is 10.0 Å². The predicted octanol–water partition coefficient (Wildman–Crippen LogP) is 5.08. The molecule has 1 atom stereocenters. The van der Waals surface area contributed by atoms with Crippen molar-refractivity contribution in [3.05, 3.63) is 41.5 Å². The van der Waals surface area contributed by atoms with Crippen LogP contribution in [0.2, 0.25) is 0 Å². The van der Waals surface area contributed by atoms with Gasteiger partial charge in [-0.05, 0) is 40.9 Å². The third-order valence-corrected chi connectivity index (χ3v) is 9.09. The Kier molecular flexibility index (Phi) is 6.30. The van der Waals surface area contributed by atoms with Crippen LogP contribution >= 0.6 is 19.1 Å². The maximum atomic E-state index is 11.7. The van der Waals surface area contributed by atoms with Gasteiger partial charge in [0.25, 0.3) is 0 Å². The molecule has 2 radical (unpaired) electrons. The van der Waals surface area contributed by atoms with Crippen molar-refractivity contribution in [2.75, 3.05) is 12.5 Å². The first-order valence-corrected chi connectivity index (χ1v) is 10.4. The molecule has 0 saturated heterocycles. The molecule has 1 unspecified atom stereocenters. The Bertz CT molecular complexity index is 632. The van der Waals surface area contributed by atoms with E-state index in [0.717, 1.165) is 17.4 Å². The van der Waals surface area contributed by atoms with Crippen LogP contribution < -0.4 is 0 Å². The summed E-state index contributed by atoms with van der Waals surface area (Å²) in [5, 5.41) is 0. The van der Waals surface area contributed by atoms with E-state index in [1.54, 1.807) is 0 Å². The zero-order valence-electron chi connectivity index (χ0n) is 14.4. The minimum atomic E-state index is -1.07. The van der Waals surface area contributed by atoms with Crippen molar-refractivity contribution >= 4 is 33.0 Å². The summed E-state index contributed by atoms with van der Waals surface area (Å²) < 4.78 is 0.169. The topological polar surface area (TPSA) is 17.1 Å². The molecule has 22 heavy (non-hydrogen) atoms. The van der Waals surface area contributed by atoms with Crippen molar-refractivity contribution in [2.24, 2.45) is 0 Å². The predicted molar refractivity (Wildman–Crippen MR) is 106 cm³/mol. The quantitative estimate of drug-likeness (QED) is 0.426. The van der Waals surface area contributed by atoms with Crippen LogP contribution in [0.1, 0.15) is 36.7 Å². The molecule has 0 bridgehead atoms. The van der Waals surface area contributed by atoms with E-state index in [4.69, 9.17) is 0 Å². The van der Waals surface area contributed by atoms with Gasteiger partial charge in [-0.1, -0.05) is 51.1 Å². The Morgan fingerprint density at radius 1 is 1.05 bits per heavy atom. The van der Waals surface area contributed by atoms with Crippen molar-refractivity contribution in [2.45, 2.75) is 37.3 Å². The lowest BCUT2D eigenvalue weighted by Gasteiger charge is -2.45. The van der Waals surface area contributed by atoms with Crippen molar-refractivity contribution in [1.29, 1.82) is 0 Å². The largest absolute Gasteiger partial charge is 0.298 e. The molecule has 4 heteroatoms. The highest BCUT2D eigenvalue weighted by Crippen LogP contribution is 2.63. The molecule has 0 aromatic heterocycles. The second-order valence-corrected chi connectivity index (χ2v) is 10.9. The average Bonchev–Trinajstić information content (AvgIpc) is 2.62. The van der Waals surface area contributed by atoms with Crippen LogP contribution in [0.25, 0.3) is 11.1 Å². The summed E-state index contributed by atoms with van der Waals surface area (Å²) in [6.07, 6.45) is 5.69. The molecule has 0 N–H and O–H groups in total. The van der Waals surface area contributed by atoms with Crippen molar-refractivity contribution < 1.29 is 4.79 Å². The molecule has 2 aliphatic carbocycles.